The second kappa shape index (κ2) is 9.31. The third-order valence-electron chi connectivity index (χ3n) is 5.81. The number of carbonyl (C=O) groups is 1. The van der Waals surface area contributed by atoms with Crippen molar-refractivity contribution < 1.29 is 9.90 Å². The molecule has 178 valence electrons. The predicted molar refractivity (Wildman–Crippen MR) is 141 cm³/mol. The molecule has 2 aromatic heterocycles. The molecule has 37 heavy (non-hydrogen) atoms. The number of fused-ring (bicyclic) bond motifs is 2. The summed E-state index contributed by atoms with van der Waals surface area (Å²) in [5.74, 6) is -0.129. The van der Waals surface area contributed by atoms with Crippen LogP contribution in [0.5, 0.6) is 5.75 Å². The first kappa shape index (κ1) is 22.1. The number of anilines is 1. The summed E-state index contributed by atoms with van der Waals surface area (Å²) in [6.45, 7) is 0. The van der Waals surface area contributed by atoms with Gasteiger partial charge in [0.1, 0.15) is 5.69 Å². The van der Waals surface area contributed by atoms with Gasteiger partial charge in [-0.05, 0) is 41.8 Å². The molecule has 2 heterocycles. The molecule has 9 nitrogen and oxygen atoms in total. The molecular weight excluding hydrogens is 466 g/mol. The minimum absolute atomic E-state index is 0.0800. The number of aromatic hydroxyl groups is 1. The summed E-state index contributed by atoms with van der Waals surface area (Å²) in [5.41, 5.74) is 2.29. The quantitative estimate of drug-likeness (QED) is 0.276. The average Bonchev–Trinajstić information content (AvgIpc) is 3.31. The molecule has 0 aliphatic rings. The number of phenolic OH excluding ortho intramolecular Hbond substituents is 1. The number of azo groups is 1. The van der Waals surface area contributed by atoms with E-state index >= 15 is 0 Å². The van der Waals surface area contributed by atoms with Crippen LogP contribution in [0.3, 0.4) is 0 Å². The Kier molecular flexibility index (Phi) is 5.55. The molecule has 4 aromatic carbocycles. The fourth-order valence-corrected chi connectivity index (χ4v) is 4.09. The fraction of sp³-hybridized carbons (Fsp3) is 0. The van der Waals surface area contributed by atoms with Crippen LogP contribution in [-0.4, -0.2) is 30.5 Å². The minimum Gasteiger partial charge on any atom is -0.505 e. The Labute approximate surface area is 210 Å². The Hall–Kier alpha value is -5.44. The van der Waals surface area contributed by atoms with Crippen LogP contribution in [0.15, 0.2) is 114 Å². The largest absolute Gasteiger partial charge is 0.505 e. The van der Waals surface area contributed by atoms with Gasteiger partial charge in [0.05, 0.1) is 16.6 Å². The zero-order valence-electron chi connectivity index (χ0n) is 19.4. The topological polar surface area (TPSA) is 118 Å². The van der Waals surface area contributed by atoms with E-state index in [1.165, 1.54) is 0 Å². The van der Waals surface area contributed by atoms with Crippen molar-refractivity contribution in [3.8, 4) is 11.7 Å². The Bertz CT molecular complexity index is 1780. The maximum Gasteiger partial charge on any atom is 0.259 e. The molecule has 6 aromatic rings. The van der Waals surface area contributed by atoms with Crippen molar-refractivity contribution in [2.45, 2.75) is 0 Å². The van der Waals surface area contributed by atoms with Gasteiger partial charge in [-0.2, -0.15) is 0 Å². The zero-order chi connectivity index (χ0) is 25.2. The van der Waals surface area contributed by atoms with Gasteiger partial charge in [0, 0.05) is 23.5 Å². The van der Waals surface area contributed by atoms with Crippen LogP contribution in [0.2, 0.25) is 0 Å². The van der Waals surface area contributed by atoms with Gasteiger partial charge in [0.25, 0.3) is 11.9 Å². The summed E-state index contributed by atoms with van der Waals surface area (Å²) in [4.78, 5) is 26.4. The number of hydrogen-bond acceptors (Lipinski definition) is 7. The lowest BCUT2D eigenvalue weighted by molar-refractivity contribution is 0.102. The van der Waals surface area contributed by atoms with Crippen LogP contribution in [0, 0.1) is 0 Å². The molecular formula is C28H19N7O2. The van der Waals surface area contributed by atoms with E-state index in [2.05, 4.69) is 30.5 Å². The van der Waals surface area contributed by atoms with Crippen molar-refractivity contribution >= 4 is 45.0 Å². The first-order valence-corrected chi connectivity index (χ1v) is 11.5. The second-order valence-corrected chi connectivity index (χ2v) is 8.15. The average molecular weight is 486 g/mol. The highest BCUT2D eigenvalue weighted by Gasteiger charge is 2.19. The first-order valence-electron chi connectivity index (χ1n) is 11.5. The zero-order valence-corrected chi connectivity index (χ0v) is 19.4. The van der Waals surface area contributed by atoms with Crippen LogP contribution < -0.4 is 5.32 Å². The van der Waals surface area contributed by atoms with Gasteiger partial charge >= 0.3 is 0 Å². The van der Waals surface area contributed by atoms with Crippen LogP contribution >= 0.6 is 0 Å². The van der Waals surface area contributed by atoms with Gasteiger partial charge in [-0.3, -0.25) is 4.79 Å². The lowest BCUT2D eigenvalue weighted by Gasteiger charge is -2.11. The van der Waals surface area contributed by atoms with E-state index in [1.54, 1.807) is 41.2 Å². The number of rotatable bonds is 5. The predicted octanol–water partition coefficient (Wildman–Crippen LogP) is 6.34. The summed E-state index contributed by atoms with van der Waals surface area (Å²) in [7, 11) is 0. The molecule has 0 atom stereocenters. The molecule has 1 amide bonds. The molecule has 0 fully saturated rings. The Morgan fingerprint density at radius 1 is 0.838 bits per heavy atom. The Morgan fingerprint density at radius 2 is 1.57 bits per heavy atom. The summed E-state index contributed by atoms with van der Waals surface area (Å²) in [5, 5.41) is 24.1. The molecule has 0 aliphatic carbocycles. The first-order chi connectivity index (χ1) is 18.2. The summed E-state index contributed by atoms with van der Waals surface area (Å²) < 4.78 is 1.68. The van der Waals surface area contributed by atoms with Gasteiger partial charge in [0.15, 0.2) is 5.75 Å². The highest BCUT2D eigenvalue weighted by molar-refractivity contribution is 6.11. The van der Waals surface area contributed by atoms with Crippen molar-refractivity contribution in [3.63, 3.8) is 0 Å². The van der Waals surface area contributed by atoms with Crippen molar-refractivity contribution in [2.24, 2.45) is 10.2 Å². The molecule has 0 saturated carbocycles. The number of nitrogens with zero attached hydrogens (tertiary/aromatic N) is 6. The smallest absolute Gasteiger partial charge is 0.259 e. The molecule has 2 N–H and O–H groups in total. The van der Waals surface area contributed by atoms with E-state index in [-0.39, 0.29) is 22.9 Å². The molecule has 0 unspecified atom stereocenters. The summed E-state index contributed by atoms with van der Waals surface area (Å²) in [6.07, 6.45) is 3.26. The number of benzene rings is 4. The van der Waals surface area contributed by atoms with Crippen LogP contribution in [0.25, 0.3) is 27.8 Å². The molecule has 9 heteroatoms. The monoisotopic (exact) mass is 485 g/mol. The number of carbonyl (C=O) groups excluding carboxylic acids is 1. The van der Waals surface area contributed by atoms with Crippen LogP contribution in [-0.2, 0) is 0 Å². The van der Waals surface area contributed by atoms with E-state index in [0.29, 0.717) is 22.5 Å². The normalized spacial score (nSPS) is 11.4. The van der Waals surface area contributed by atoms with E-state index in [0.717, 1.165) is 10.9 Å². The standard InChI is InChI=1S/C28H19N7O2/c36-25-21(26(37)31-19-10-2-1-3-11-19)17-18-9-4-5-12-20(18)24(25)33-34-28-32-22-13-6-7-14-23(22)35(28)27-29-15-8-16-30-27/h1-17,36H,(H,31,37). The third-order valence-corrected chi connectivity index (χ3v) is 5.81. The van der Waals surface area contributed by atoms with Crippen LogP contribution in [0.4, 0.5) is 17.3 Å². The highest BCUT2D eigenvalue weighted by Crippen LogP contribution is 2.40. The Morgan fingerprint density at radius 3 is 2.41 bits per heavy atom. The molecule has 0 saturated heterocycles. The van der Waals surface area contributed by atoms with E-state index in [1.807, 2.05) is 66.7 Å². The molecule has 0 spiro atoms. The number of aromatic nitrogens is 4. The molecule has 0 radical (unpaired) electrons. The third kappa shape index (κ3) is 4.14. The molecule has 0 bridgehead atoms. The number of nitrogens with one attached hydrogen (secondary N) is 1. The fourth-order valence-electron chi connectivity index (χ4n) is 4.09. The molecule has 6 rings (SSSR count). The van der Waals surface area contributed by atoms with Crippen molar-refractivity contribution in [2.75, 3.05) is 5.32 Å². The van der Waals surface area contributed by atoms with Gasteiger partial charge in [-0.15, -0.1) is 10.2 Å². The second-order valence-electron chi connectivity index (χ2n) is 8.15. The number of imidazole rings is 1. The summed E-state index contributed by atoms with van der Waals surface area (Å²) >= 11 is 0. The van der Waals surface area contributed by atoms with Gasteiger partial charge in [-0.25, -0.2) is 19.5 Å². The van der Waals surface area contributed by atoms with Crippen molar-refractivity contribution in [1.82, 2.24) is 19.5 Å². The van der Waals surface area contributed by atoms with E-state index < -0.39 is 5.91 Å². The number of para-hydroxylation sites is 3. The van der Waals surface area contributed by atoms with E-state index in [9.17, 15) is 9.90 Å². The maximum absolute atomic E-state index is 13.1. The van der Waals surface area contributed by atoms with E-state index in [4.69, 9.17) is 0 Å². The molecule has 0 aliphatic heterocycles. The van der Waals surface area contributed by atoms with Gasteiger partial charge in [0.2, 0.25) is 5.95 Å². The SMILES string of the molecule is O=C(Nc1ccccc1)c1cc2ccccc2c(N=Nc2nc3ccccc3n2-c2ncccn2)c1O. The van der Waals surface area contributed by atoms with Crippen molar-refractivity contribution in [3.05, 3.63) is 109 Å². The van der Waals surface area contributed by atoms with Gasteiger partial charge in [-0.1, -0.05) is 54.6 Å². The van der Waals surface area contributed by atoms with Crippen molar-refractivity contribution in [1.29, 1.82) is 0 Å². The number of amides is 1. The maximum atomic E-state index is 13.1. The van der Waals surface area contributed by atoms with Gasteiger partial charge < -0.3 is 10.4 Å². The lowest BCUT2D eigenvalue weighted by Crippen LogP contribution is -2.12. The highest BCUT2D eigenvalue weighted by atomic mass is 16.3. The summed E-state index contributed by atoms with van der Waals surface area (Å²) in [6, 6.07) is 27.2. The number of phenols is 1. The number of hydrogen-bond donors (Lipinski definition) is 2. The minimum atomic E-state index is -0.462. The lowest BCUT2D eigenvalue weighted by atomic mass is 10.0. The van der Waals surface area contributed by atoms with Crippen LogP contribution in [0.1, 0.15) is 10.4 Å². The Balaban J connectivity index is 1.48.